The Morgan fingerprint density at radius 2 is 2.00 bits per heavy atom. The molecule has 0 bridgehead atoms. The van der Waals surface area contributed by atoms with Gasteiger partial charge in [0.25, 0.3) is 0 Å². The summed E-state index contributed by atoms with van der Waals surface area (Å²) in [6.07, 6.45) is 1.08. The van der Waals surface area contributed by atoms with Crippen LogP contribution < -0.4 is 5.48 Å². The molecule has 1 aromatic rings. The van der Waals surface area contributed by atoms with Gasteiger partial charge < -0.3 is 4.84 Å². The molecule has 0 aliphatic heterocycles. The van der Waals surface area contributed by atoms with Gasteiger partial charge in [-0.05, 0) is 42.5 Å². The van der Waals surface area contributed by atoms with Gasteiger partial charge in [-0.3, -0.25) is 0 Å². The Kier molecular flexibility index (Phi) is 4.11. The van der Waals surface area contributed by atoms with Crippen molar-refractivity contribution in [1.29, 1.82) is 0 Å². The number of benzene rings is 1. The number of rotatable bonds is 4. The maximum atomic E-state index is 4.86. The first-order chi connectivity index (χ1) is 6.69. The molecular formula is C12H19NO. The van der Waals surface area contributed by atoms with Crippen LogP contribution in [-0.2, 0) is 17.8 Å². The highest BCUT2D eigenvalue weighted by Crippen LogP contribution is 2.16. The highest BCUT2D eigenvalue weighted by atomic mass is 16.6. The van der Waals surface area contributed by atoms with Crippen LogP contribution in [0.25, 0.3) is 0 Å². The summed E-state index contributed by atoms with van der Waals surface area (Å²) in [6, 6.07) is 4.50. The van der Waals surface area contributed by atoms with Crippen molar-refractivity contribution < 1.29 is 4.84 Å². The largest absolute Gasteiger partial charge is 0.305 e. The molecule has 14 heavy (non-hydrogen) atoms. The summed E-state index contributed by atoms with van der Waals surface area (Å²) in [5.41, 5.74) is 8.31. The van der Waals surface area contributed by atoms with E-state index in [0.717, 1.165) is 13.0 Å². The van der Waals surface area contributed by atoms with E-state index in [1.54, 1.807) is 7.11 Å². The third kappa shape index (κ3) is 2.56. The number of nitrogens with one attached hydrogen (secondary N) is 1. The lowest BCUT2D eigenvalue weighted by molar-refractivity contribution is 0.0865. The van der Waals surface area contributed by atoms with Gasteiger partial charge in [-0.25, -0.2) is 0 Å². The van der Waals surface area contributed by atoms with E-state index in [1.807, 2.05) is 0 Å². The average molecular weight is 193 g/mol. The fraction of sp³-hybridized carbons (Fsp3) is 0.500. The first-order valence-electron chi connectivity index (χ1n) is 5.03. The summed E-state index contributed by atoms with van der Waals surface area (Å²) in [6.45, 7) is 7.26. The zero-order valence-corrected chi connectivity index (χ0v) is 9.48. The monoisotopic (exact) mass is 193 g/mol. The highest BCUT2D eigenvalue weighted by molar-refractivity contribution is 5.37. The van der Waals surface area contributed by atoms with Crippen molar-refractivity contribution in [2.75, 3.05) is 7.11 Å². The zero-order chi connectivity index (χ0) is 10.6. The van der Waals surface area contributed by atoms with E-state index in [2.05, 4.69) is 38.4 Å². The maximum absolute atomic E-state index is 4.86. The van der Waals surface area contributed by atoms with Crippen molar-refractivity contribution in [1.82, 2.24) is 5.48 Å². The Labute approximate surface area is 86.2 Å². The molecule has 0 heterocycles. The molecule has 1 rings (SSSR count). The molecule has 0 aliphatic carbocycles. The lowest BCUT2D eigenvalue weighted by Gasteiger charge is -2.11. The van der Waals surface area contributed by atoms with Gasteiger partial charge in [0.05, 0.1) is 7.11 Å². The van der Waals surface area contributed by atoms with Crippen LogP contribution in [0.15, 0.2) is 12.1 Å². The van der Waals surface area contributed by atoms with Crippen molar-refractivity contribution in [3.63, 3.8) is 0 Å². The van der Waals surface area contributed by atoms with E-state index in [9.17, 15) is 0 Å². The van der Waals surface area contributed by atoms with E-state index in [-0.39, 0.29) is 0 Å². The van der Waals surface area contributed by atoms with E-state index in [1.165, 1.54) is 22.3 Å². The Hall–Kier alpha value is -0.860. The van der Waals surface area contributed by atoms with Crippen molar-refractivity contribution in [2.24, 2.45) is 0 Å². The van der Waals surface area contributed by atoms with Crippen molar-refractivity contribution in [3.8, 4) is 0 Å². The van der Waals surface area contributed by atoms with Gasteiger partial charge in [-0.15, -0.1) is 0 Å². The molecule has 0 fully saturated rings. The van der Waals surface area contributed by atoms with E-state index < -0.39 is 0 Å². The number of hydroxylamine groups is 1. The summed E-state index contributed by atoms with van der Waals surface area (Å²) in [7, 11) is 1.64. The third-order valence-corrected chi connectivity index (χ3v) is 2.65. The van der Waals surface area contributed by atoms with Crippen LogP contribution in [0.3, 0.4) is 0 Å². The molecule has 1 aromatic carbocycles. The molecule has 2 heteroatoms. The Morgan fingerprint density at radius 3 is 2.57 bits per heavy atom. The maximum Gasteiger partial charge on any atom is 0.0572 e. The molecule has 1 N–H and O–H groups in total. The average Bonchev–Trinajstić information content (AvgIpc) is 2.20. The van der Waals surface area contributed by atoms with Gasteiger partial charge in [0.2, 0.25) is 0 Å². The Morgan fingerprint density at radius 1 is 1.29 bits per heavy atom. The second-order valence-corrected chi connectivity index (χ2v) is 3.58. The van der Waals surface area contributed by atoms with Gasteiger partial charge in [0.1, 0.15) is 0 Å². The van der Waals surface area contributed by atoms with Gasteiger partial charge in [0.15, 0.2) is 0 Å². The minimum absolute atomic E-state index is 0.775. The standard InChI is InChI=1S/C12H19NO/c1-5-11-6-9(2)10(3)12(7-11)8-13-14-4/h6-7,13H,5,8H2,1-4H3. The molecule has 2 nitrogen and oxygen atoms in total. The molecule has 0 amide bonds. The normalized spacial score (nSPS) is 10.6. The third-order valence-electron chi connectivity index (χ3n) is 2.65. The zero-order valence-electron chi connectivity index (χ0n) is 9.48. The predicted molar refractivity (Wildman–Crippen MR) is 59.1 cm³/mol. The van der Waals surface area contributed by atoms with Gasteiger partial charge in [0, 0.05) is 6.54 Å². The molecular weight excluding hydrogens is 174 g/mol. The summed E-state index contributed by atoms with van der Waals surface area (Å²) >= 11 is 0. The minimum Gasteiger partial charge on any atom is -0.305 e. The minimum atomic E-state index is 0.775. The summed E-state index contributed by atoms with van der Waals surface area (Å²) in [5.74, 6) is 0. The number of hydrogen-bond acceptors (Lipinski definition) is 2. The molecule has 0 aliphatic rings. The van der Waals surface area contributed by atoms with Crippen molar-refractivity contribution in [2.45, 2.75) is 33.7 Å². The molecule has 0 atom stereocenters. The summed E-state index contributed by atoms with van der Waals surface area (Å²) in [4.78, 5) is 4.86. The van der Waals surface area contributed by atoms with Gasteiger partial charge >= 0.3 is 0 Å². The number of aryl methyl sites for hydroxylation is 2. The fourth-order valence-electron chi connectivity index (χ4n) is 1.55. The smallest absolute Gasteiger partial charge is 0.0572 e. The van der Waals surface area contributed by atoms with Crippen LogP contribution in [0.4, 0.5) is 0 Å². The van der Waals surface area contributed by atoms with Crippen LogP contribution in [0.2, 0.25) is 0 Å². The molecule has 0 aromatic heterocycles. The molecule has 0 unspecified atom stereocenters. The van der Waals surface area contributed by atoms with Crippen LogP contribution in [0.1, 0.15) is 29.2 Å². The molecule has 78 valence electrons. The SMILES string of the molecule is CCc1cc(C)c(C)c(CNOC)c1. The van der Waals surface area contributed by atoms with E-state index in [4.69, 9.17) is 4.84 Å². The van der Waals surface area contributed by atoms with Crippen molar-refractivity contribution >= 4 is 0 Å². The van der Waals surface area contributed by atoms with E-state index >= 15 is 0 Å². The van der Waals surface area contributed by atoms with Gasteiger partial charge in [-0.1, -0.05) is 19.1 Å². The summed E-state index contributed by atoms with van der Waals surface area (Å²) in [5, 5.41) is 0. The quantitative estimate of drug-likeness (QED) is 0.742. The lowest BCUT2D eigenvalue weighted by atomic mass is 9.98. The Bertz CT molecular complexity index is 307. The summed E-state index contributed by atoms with van der Waals surface area (Å²) < 4.78 is 0. The number of hydrogen-bond donors (Lipinski definition) is 1. The van der Waals surface area contributed by atoms with E-state index in [0.29, 0.717) is 0 Å². The first-order valence-corrected chi connectivity index (χ1v) is 5.03. The molecule has 0 saturated heterocycles. The topological polar surface area (TPSA) is 21.3 Å². The predicted octanol–water partition coefficient (Wildman–Crippen LogP) is 2.52. The fourth-order valence-corrected chi connectivity index (χ4v) is 1.55. The second-order valence-electron chi connectivity index (χ2n) is 3.58. The van der Waals surface area contributed by atoms with Gasteiger partial charge in [-0.2, -0.15) is 5.48 Å². The van der Waals surface area contributed by atoms with Crippen molar-refractivity contribution in [3.05, 3.63) is 34.4 Å². The second kappa shape index (κ2) is 5.13. The van der Waals surface area contributed by atoms with Crippen LogP contribution >= 0.6 is 0 Å². The lowest BCUT2D eigenvalue weighted by Crippen LogP contribution is -2.12. The molecule has 0 saturated carbocycles. The van der Waals surface area contributed by atoms with Crippen LogP contribution in [-0.4, -0.2) is 7.11 Å². The van der Waals surface area contributed by atoms with Crippen LogP contribution in [0, 0.1) is 13.8 Å². The molecule has 0 spiro atoms. The van der Waals surface area contributed by atoms with Crippen LogP contribution in [0.5, 0.6) is 0 Å². The Balaban J connectivity index is 2.95. The highest BCUT2D eigenvalue weighted by Gasteiger charge is 2.03. The molecule has 0 radical (unpaired) electrons. The first kappa shape index (κ1) is 11.2.